The molecule has 2 saturated heterocycles. The van der Waals surface area contributed by atoms with Crippen molar-refractivity contribution in [1.29, 1.82) is 0 Å². The topological polar surface area (TPSA) is 66.5 Å². The Labute approximate surface area is 121 Å². The SMILES string of the molecule is CCN(C(=O)C1CCCNC1)C1CCS(=O)(=O)C1.Cl. The first kappa shape index (κ1) is 16.7. The Morgan fingerprint density at radius 1 is 1.37 bits per heavy atom. The Morgan fingerprint density at radius 3 is 2.58 bits per heavy atom. The average molecular weight is 311 g/mol. The smallest absolute Gasteiger partial charge is 0.227 e. The molecule has 2 rings (SSSR count). The van der Waals surface area contributed by atoms with Gasteiger partial charge in [-0.15, -0.1) is 12.4 Å². The molecule has 0 aromatic carbocycles. The van der Waals surface area contributed by atoms with Crippen LogP contribution in [0, 0.1) is 5.92 Å². The molecule has 0 bridgehead atoms. The van der Waals surface area contributed by atoms with Crippen molar-refractivity contribution < 1.29 is 13.2 Å². The molecule has 0 aromatic rings. The maximum atomic E-state index is 12.4. The summed E-state index contributed by atoms with van der Waals surface area (Å²) in [4.78, 5) is 14.2. The molecule has 7 heteroatoms. The predicted octanol–water partition coefficient (Wildman–Crippen LogP) is 0.443. The molecule has 2 heterocycles. The van der Waals surface area contributed by atoms with Gasteiger partial charge in [0.1, 0.15) is 0 Å². The van der Waals surface area contributed by atoms with Crippen molar-refractivity contribution in [3.8, 4) is 0 Å². The lowest BCUT2D eigenvalue weighted by Crippen LogP contribution is -2.47. The third-order valence-corrected chi connectivity index (χ3v) is 5.67. The zero-order valence-electron chi connectivity index (χ0n) is 11.3. The van der Waals surface area contributed by atoms with Crippen molar-refractivity contribution in [3.05, 3.63) is 0 Å². The molecule has 2 aliphatic rings. The highest BCUT2D eigenvalue weighted by Gasteiger charge is 2.36. The Morgan fingerprint density at radius 2 is 2.11 bits per heavy atom. The fourth-order valence-corrected chi connectivity index (χ4v) is 4.64. The third-order valence-electron chi connectivity index (χ3n) is 3.92. The first-order valence-electron chi connectivity index (χ1n) is 6.75. The Hall–Kier alpha value is -0.330. The maximum absolute atomic E-state index is 12.4. The summed E-state index contributed by atoms with van der Waals surface area (Å²) in [6, 6.07) is -0.102. The van der Waals surface area contributed by atoms with E-state index in [2.05, 4.69) is 5.32 Å². The van der Waals surface area contributed by atoms with Crippen LogP contribution in [-0.2, 0) is 14.6 Å². The third kappa shape index (κ3) is 4.07. The molecule has 2 atom stereocenters. The number of halogens is 1. The molecule has 2 unspecified atom stereocenters. The summed E-state index contributed by atoms with van der Waals surface area (Å²) >= 11 is 0. The van der Waals surface area contributed by atoms with E-state index in [1.807, 2.05) is 6.92 Å². The van der Waals surface area contributed by atoms with Crippen LogP contribution in [0.2, 0.25) is 0 Å². The number of hydrogen-bond acceptors (Lipinski definition) is 4. The highest BCUT2D eigenvalue weighted by Crippen LogP contribution is 2.21. The molecule has 19 heavy (non-hydrogen) atoms. The lowest BCUT2D eigenvalue weighted by atomic mass is 9.97. The Balaban J connectivity index is 0.00000180. The summed E-state index contributed by atoms with van der Waals surface area (Å²) in [6.45, 7) is 4.25. The van der Waals surface area contributed by atoms with E-state index in [4.69, 9.17) is 0 Å². The van der Waals surface area contributed by atoms with Gasteiger partial charge in [-0.2, -0.15) is 0 Å². The maximum Gasteiger partial charge on any atom is 0.227 e. The summed E-state index contributed by atoms with van der Waals surface area (Å²) in [6.07, 6.45) is 2.54. The number of nitrogens with one attached hydrogen (secondary N) is 1. The normalized spacial score (nSPS) is 29.5. The van der Waals surface area contributed by atoms with Crippen LogP contribution >= 0.6 is 12.4 Å². The first-order valence-corrected chi connectivity index (χ1v) is 8.57. The molecule has 0 radical (unpaired) electrons. The molecule has 112 valence electrons. The van der Waals surface area contributed by atoms with E-state index in [-0.39, 0.29) is 41.8 Å². The zero-order chi connectivity index (χ0) is 13.2. The van der Waals surface area contributed by atoms with E-state index in [1.165, 1.54) is 0 Å². The fraction of sp³-hybridized carbons (Fsp3) is 0.917. The number of rotatable bonds is 3. The van der Waals surface area contributed by atoms with E-state index in [0.717, 1.165) is 25.9 Å². The van der Waals surface area contributed by atoms with Crippen LogP contribution in [0.3, 0.4) is 0 Å². The van der Waals surface area contributed by atoms with Crippen LogP contribution in [-0.4, -0.2) is 56.4 Å². The van der Waals surface area contributed by atoms with Gasteiger partial charge in [0.25, 0.3) is 0 Å². The first-order chi connectivity index (χ1) is 8.53. The second-order valence-corrected chi connectivity index (χ2v) is 7.45. The predicted molar refractivity (Wildman–Crippen MR) is 77.3 cm³/mol. The van der Waals surface area contributed by atoms with Gasteiger partial charge in [-0.05, 0) is 32.7 Å². The van der Waals surface area contributed by atoms with Gasteiger partial charge in [0, 0.05) is 19.1 Å². The molecule has 0 spiro atoms. The largest absolute Gasteiger partial charge is 0.339 e. The zero-order valence-corrected chi connectivity index (χ0v) is 12.9. The molecule has 1 N–H and O–H groups in total. The highest BCUT2D eigenvalue weighted by molar-refractivity contribution is 7.91. The van der Waals surface area contributed by atoms with E-state index < -0.39 is 9.84 Å². The highest BCUT2D eigenvalue weighted by atomic mass is 35.5. The fourth-order valence-electron chi connectivity index (χ4n) is 2.91. The standard InChI is InChI=1S/C12H22N2O3S.ClH/c1-2-14(11-5-7-18(16,17)9-11)12(15)10-4-3-6-13-8-10;/h10-11,13H,2-9H2,1H3;1H. The number of sulfone groups is 1. The van der Waals surface area contributed by atoms with Gasteiger partial charge in [-0.25, -0.2) is 8.42 Å². The molecule has 2 fully saturated rings. The van der Waals surface area contributed by atoms with E-state index in [1.54, 1.807) is 4.90 Å². The molecular formula is C12H23ClN2O3S. The molecule has 0 aromatic heterocycles. The van der Waals surface area contributed by atoms with Gasteiger partial charge < -0.3 is 10.2 Å². The van der Waals surface area contributed by atoms with Gasteiger partial charge in [0.15, 0.2) is 9.84 Å². The van der Waals surface area contributed by atoms with Gasteiger partial charge in [-0.3, -0.25) is 4.79 Å². The van der Waals surface area contributed by atoms with Crippen molar-refractivity contribution in [3.63, 3.8) is 0 Å². The number of hydrogen-bond donors (Lipinski definition) is 1. The molecule has 5 nitrogen and oxygen atoms in total. The average Bonchev–Trinajstić information content (AvgIpc) is 2.71. The van der Waals surface area contributed by atoms with Gasteiger partial charge in [-0.1, -0.05) is 0 Å². The summed E-state index contributed by atoms with van der Waals surface area (Å²) < 4.78 is 23.0. The molecular weight excluding hydrogens is 288 g/mol. The van der Waals surface area contributed by atoms with E-state index in [0.29, 0.717) is 13.0 Å². The van der Waals surface area contributed by atoms with Crippen molar-refractivity contribution >= 4 is 28.2 Å². The van der Waals surface area contributed by atoms with Gasteiger partial charge in [0.05, 0.1) is 17.4 Å². The number of carbonyl (C=O) groups excluding carboxylic acids is 1. The van der Waals surface area contributed by atoms with Crippen LogP contribution in [0.15, 0.2) is 0 Å². The minimum atomic E-state index is -2.92. The van der Waals surface area contributed by atoms with Crippen LogP contribution in [0.4, 0.5) is 0 Å². The monoisotopic (exact) mass is 310 g/mol. The lowest BCUT2D eigenvalue weighted by Gasteiger charge is -2.32. The van der Waals surface area contributed by atoms with Crippen LogP contribution in [0.5, 0.6) is 0 Å². The Bertz CT molecular complexity index is 407. The van der Waals surface area contributed by atoms with Crippen molar-refractivity contribution in [2.75, 3.05) is 31.1 Å². The number of amides is 1. The number of nitrogens with zero attached hydrogens (tertiary/aromatic N) is 1. The van der Waals surface area contributed by atoms with E-state index >= 15 is 0 Å². The summed E-state index contributed by atoms with van der Waals surface area (Å²) in [7, 11) is -2.92. The molecule has 2 aliphatic heterocycles. The van der Waals surface area contributed by atoms with Crippen LogP contribution in [0.1, 0.15) is 26.2 Å². The summed E-state index contributed by atoms with van der Waals surface area (Å²) in [5.41, 5.74) is 0. The quantitative estimate of drug-likeness (QED) is 0.821. The molecule has 0 saturated carbocycles. The van der Waals surface area contributed by atoms with Crippen molar-refractivity contribution in [2.24, 2.45) is 5.92 Å². The molecule has 0 aliphatic carbocycles. The van der Waals surface area contributed by atoms with Gasteiger partial charge in [0.2, 0.25) is 5.91 Å². The lowest BCUT2D eigenvalue weighted by molar-refractivity contribution is -0.137. The summed E-state index contributed by atoms with van der Waals surface area (Å²) in [5.74, 6) is 0.533. The second-order valence-electron chi connectivity index (χ2n) is 5.22. The minimum Gasteiger partial charge on any atom is -0.339 e. The van der Waals surface area contributed by atoms with Gasteiger partial charge >= 0.3 is 0 Å². The van der Waals surface area contributed by atoms with Crippen molar-refractivity contribution in [2.45, 2.75) is 32.2 Å². The number of piperidine rings is 1. The van der Waals surface area contributed by atoms with Crippen LogP contribution in [0.25, 0.3) is 0 Å². The molecule has 1 amide bonds. The minimum absolute atomic E-state index is 0. The number of carbonyl (C=O) groups is 1. The Kier molecular flexibility index (Phi) is 6.08. The van der Waals surface area contributed by atoms with Crippen molar-refractivity contribution in [1.82, 2.24) is 10.2 Å². The van der Waals surface area contributed by atoms with E-state index in [9.17, 15) is 13.2 Å². The summed E-state index contributed by atoms with van der Waals surface area (Å²) in [5, 5.41) is 3.24. The second kappa shape index (κ2) is 6.90. The van der Waals surface area contributed by atoms with Crippen LogP contribution < -0.4 is 5.32 Å².